The molecule has 150 valence electrons. The lowest BCUT2D eigenvalue weighted by Crippen LogP contribution is -2.20. The number of amides is 1. The molecule has 3 rings (SSSR count). The molecular formula is C21H23N5O3. The molecule has 2 aromatic carbocycles. The second-order valence-electron chi connectivity index (χ2n) is 6.62. The minimum absolute atomic E-state index is 0.0698. The van der Waals surface area contributed by atoms with E-state index in [0.717, 1.165) is 24.0 Å². The van der Waals surface area contributed by atoms with Crippen molar-refractivity contribution in [1.82, 2.24) is 20.2 Å². The number of tetrazole rings is 1. The van der Waals surface area contributed by atoms with Crippen molar-refractivity contribution < 1.29 is 14.3 Å². The van der Waals surface area contributed by atoms with Crippen LogP contribution in [-0.4, -0.2) is 38.7 Å². The van der Waals surface area contributed by atoms with Crippen LogP contribution in [0.15, 0.2) is 48.5 Å². The molecular weight excluding hydrogens is 370 g/mol. The highest BCUT2D eigenvalue weighted by molar-refractivity contribution is 5.92. The lowest BCUT2D eigenvalue weighted by atomic mass is 10.1. The average molecular weight is 393 g/mol. The molecule has 0 aliphatic rings. The lowest BCUT2D eigenvalue weighted by Gasteiger charge is -2.06. The molecule has 1 aromatic heterocycles. The van der Waals surface area contributed by atoms with Gasteiger partial charge in [0.1, 0.15) is 6.54 Å². The zero-order valence-electron chi connectivity index (χ0n) is 16.5. The number of nitrogens with one attached hydrogen (secondary N) is 1. The molecule has 0 fully saturated rings. The zero-order chi connectivity index (χ0) is 20.6. The van der Waals surface area contributed by atoms with Gasteiger partial charge in [-0.05, 0) is 42.8 Å². The largest absolute Gasteiger partial charge is 0.462 e. The van der Waals surface area contributed by atoms with E-state index in [1.54, 1.807) is 24.3 Å². The Bertz CT molecular complexity index is 965. The van der Waals surface area contributed by atoms with Crippen LogP contribution in [-0.2, 0) is 16.1 Å². The van der Waals surface area contributed by atoms with Crippen molar-refractivity contribution >= 4 is 17.6 Å². The number of nitrogens with zero attached hydrogens (tertiary/aromatic N) is 4. The van der Waals surface area contributed by atoms with Crippen LogP contribution in [0.2, 0.25) is 0 Å². The van der Waals surface area contributed by atoms with Crippen molar-refractivity contribution in [1.29, 1.82) is 0 Å². The predicted molar refractivity (Wildman–Crippen MR) is 108 cm³/mol. The molecule has 29 heavy (non-hydrogen) atoms. The molecule has 0 radical (unpaired) electrons. The molecule has 0 saturated heterocycles. The van der Waals surface area contributed by atoms with E-state index in [1.165, 1.54) is 4.80 Å². The van der Waals surface area contributed by atoms with E-state index >= 15 is 0 Å². The van der Waals surface area contributed by atoms with Gasteiger partial charge in [-0.25, -0.2) is 4.79 Å². The van der Waals surface area contributed by atoms with Crippen LogP contribution < -0.4 is 5.32 Å². The lowest BCUT2D eigenvalue weighted by molar-refractivity contribution is -0.117. The number of unbranched alkanes of at least 4 members (excludes halogenated alkanes) is 1. The van der Waals surface area contributed by atoms with Crippen molar-refractivity contribution in [2.75, 3.05) is 11.9 Å². The first-order chi connectivity index (χ1) is 14.0. The normalized spacial score (nSPS) is 10.6. The van der Waals surface area contributed by atoms with E-state index in [-0.39, 0.29) is 18.4 Å². The molecule has 0 aliphatic heterocycles. The number of hydrogen-bond acceptors (Lipinski definition) is 6. The highest BCUT2D eigenvalue weighted by Gasteiger charge is 2.11. The van der Waals surface area contributed by atoms with Crippen LogP contribution in [0.3, 0.4) is 0 Å². The standard InChI is InChI=1S/C21H23N5O3/c1-3-4-13-29-21(28)17-9-11-18(12-10-17)22-19(27)14-26-24-20(23-25-26)16-7-5-15(2)6-8-16/h5-12H,3-4,13-14H2,1-2H3,(H,22,27). The summed E-state index contributed by atoms with van der Waals surface area (Å²) in [5, 5.41) is 14.9. The molecule has 0 saturated carbocycles. The zero-order valence-corrected chi connectivity index (χ0v) is 16.5. The number of carbonyl (C=O) groups excluding carboxylic acids is 2. The Morgan fingerprint density at radius 3 is 2.48 bits per heavy atom. The Morgan fingerprint density at radius 1 is 1.07 bits per heavy atom. The highest BCUT2D eigenvalue weighted by Crippen LogP contribution is 2.14. The van der Waals surface area contributed by atoms with Gasteiger partial charge in [0.2, 0.25) is 11.7 Å². The molecule has 0 spiro atoms. The van der Waals surface area contributed by atoms with Crippen LogP contribution >= 0.6 is 0 Å². The topological polar surface area (TPSA) is 99.0 Å². The van der Waals surface area contributed by atoms with Crippen LogP contribution in [0.1, 0.15) is 35.7 Å². The molecule has 3 aromatic rings. The Morgan fingerprint density at radius 2 is 1.79 bits per heavy atom. The number of hydrogen-bond donors (Lipinski definition) is 1. The summed E-state index contributed by atoms with van der Waals surface area (Å²) in [5.41, 5.74) is 2.99. The minimum atomic E-state index is -0.369. The van der Waals surface area contributed by atoms with Crippen molar-refractivity contribution in [2.24, 2.45) is 0 Å². The van der Waals surface area contributed by atoms with Gasteiger partial charge in [0.15, 0.2) is 0 Å². The summed E-state index contributed by atoms with van der Waals surface area (Å²) in [4.78, 5) is 25.4. The van der Waals surface area contributed by atoms with Crippen LogP contribution in [0.25, 0.3) is 11.4 Å². The fourth-order valence-corrected chi connectivity index (χ4v) is 2.54. The van der Waals surface area contributed by atoms with Gasteiger partial charge in [-0.2, -0.15) is 4.80 Å². The molecule has 0 unspecified atom stereocenters. The van der Waals surface area contributed by atoms with Crippen LogP contribution in [0.4, 0.5) is 5.69 Å². The molecule has 0 bridgehead atoms. The monoisotopic (exact) mass is 393 g/mol. The first-order valence-corrected chi connectivity index (χ1v) is 9.47. The second-order valence-corrected chi connectivity index (χ2v) is 6.62. The fourth-order valence-electron chi connectivity index (χ4n) is 2.54. The fraction of sp³-hybridized carbons (Fsp3) is 0.286. The summed E-state index contributed by atoms with van der Waals surface area (Å²) in [7, 11) is 0. The van der Waals surface area contributed by atoms with E-state index in [0.29, 0.717) is 23.7 Å². The Hall–Kier alpha value is -3.55. The van der Waals surface area contributed by atoms with Gasteiger partial charge in [-0.1, -0.05) is 43.2 Å². The van der Waals surface area contributed by atoms with Gasteiger partial charge >= 0.3 is 5.97 Å². The summed E-state index contributed by atoms with van der Waals surface area (Å²) in [5.74, 6) is -0.202. The summed E-state index contributed by atoms with van der Waals surface area (Å²) in [6.45, 7) is 4.37. The molecule has 0 aliphatic carbocycles. The van der Waals surface area contributed by atoms with E-state index in [4.69, 9.17) is 4.74 Å². The van der Waals surface area contributed by atoms with Crippen molar-refractivity contribution in [3.63, 3.8) is 0 Å². The third kappa shape index (κ3) is 5.71. The third-order valence-electron chi connectivity index (χ3n) is 4.18. The van der Waals surface area contributed by atoms with Gasteiger partial charge in [-0.15, -0.1) is 10.2 Å². The minimum Gasteiger partial charge on any atom is -0.462 e. The number of aromatic nitrogens is 4. The summed E-state index contributed by atoms with van der Waals surface area (Å²) in [6, 6.07) is 14.3. The van der Waals surface area contributed by atoms with Gasteiger partial charge < -0.3 is 10.1 Å². The summed E-state index contributed by atoms with van der Waals surface area (Å²) < 4.78 is 5.16. The first kappa shape index (κ1) is 20.2. The molecule has 1 N–H and O–H groups in total. The molecule has 0 atom stereocenters. The highest BCUT2D eigenvalue weighted by atomic mass is 16.5. The predicted octanol–water partition coefficient (Wildman–Crippen LogP) is 3.24. The smallest absolute Gasteiger partial charge is 0.338 e. The van der Waals surface area contributed by atoms with Crippen molar-refractivity contribution in [3.8, 4) is 11.4 Å². The van der Waals surface area contributed by atoms with Gasteiger partial charge in [0, 0.05) is 11.3 Å². The van der Waals surface area contributed by atoms with E-state index in [1.807, 2.05) is 38.1 Å². The maximum absolute atomic E-state index is 12.2. The van der Waals surface area contributed by atoms with Crippen molar-refractivity contribution in [3.05, 3.63) is 59.7 Å². The first-order valence-electron chi connectivity index (χ1n) is 9.47. The Kier molecular flexibility index (Phi) is 6.67. The Labute approximate surface area is 168 Å². The Balaban J connectivity index is 1.54. The van der Waals surface area contributed by atoms with Crippen LogP contribution in [0, 0.1) is 6.92 Å². The van der Waals surface area contributed by atoms with Crippen LogP contribution in [0.5, 0.6) is 0 Å². The molecule has 8 nitrogen and oxygen atoms in total. The number of rotatable bonds is 8. The third-order valence-corrected chi connectivity index (χ3v) is 4.18. The molecule has 1 heterocycles. The number of aryl methyl sites for hydroxylation is 1. The maximum Gasteiger partial charge on any atom is 0.338 e. The van der Waals surface area contributed by atoms with Gasteiger partial charge in [-0.3, -0.25) is 4.79 Å². The summed E-state index contributed by atoms with van der Waals surface area (Å²) >= 11 is 0. The quantitative estimate of drug-likeness (QED) is 0.466. The van der Waals surface area contributed by atoms with Gasteiger partial charge in [0.05, 0.1) is 12.2 Å². The van der Waals surface area contributed by atoms with Crippen molar-refractivity contribution in [2.45, 2.75) is 33.2 Å². The van der Waals surface area contributed by atoms with E-state index in [2.05, 4.69) is 20.7 Å². The maximum atomic E-state index is 12.2. The molecule has 8 heteroatoms. The number of anilines is 1. The SMILES string of the molecule is CCCCOC(=O)c1ccc(NC(=O)Cn2nnc(-c3ccc(C)cc3)n2)cc1. The summed E-state index contributed by atoms with van der Waals surface area (Å²) in [6.07, 6.45) is 1.80. The number of carbonyl (C=O) groups is 2. The number of benzene rings is 2. The second kappa shape index (κ2) is 9.59. The number of ether oxygens (including phenoxy) is 1. The van der Waals surface area contributed by atoms with E-state index < -0.39 is 0 Å². The van der Waals surface area contributed by atoms with Gasteiger partial charge in [0.25, 0.3) is 0 Å². The average Bonchev–Trinajstić information content (AvgIpc) is 3.17. The molecule has 1 amide bonds. The number of esters is 1. The van der Waals surface area contributed by atoms with E-state index in [9.17, 15) is 9.59 Å².